The highest BCUT2D eigenvalue weighted by Crippen LogP contribution is 2.28. The first-order chi connectivity index (χ1) is 9.97. The predicted molar refractivity (Wildman–Crippen MR) is 87.8 cm³/mol. The van der Waals surface area contributed by atoms with Crippen molar-refractivity contribution in [3.8, 4) is 0 Å². The predicted octanol–water partition coefficient (Wildman–Crippen LogP) is 1.62. The van der Waals surface area contributed by atoms with Crippen LogP contribution >= 0.6 is 11.5 Å². The smallest absolute Gasteiger partial charge is 0.258 e. The molecule has 2 heterocycles. The molecule has 1 aromatic heterocycles. The van der Waals surface area contributed by atoms with E-state index < -0.39 is 0 Å². The van der Waals surface area contributed by atoms with Crippen LogP contribution in [-0.4, -0.2) is 47.9 Å². The SMILES string of the molecule is CC(C)NC(=O)c1c(N)nsc1NCC1CCN(C)CC1. The molecule has 0 unspecified atom stereocenters. The summed E-state index contributed by atoms with van der Waals surface area (Å²) in [5, 5.41) is 7.02. The van der Waals surface area contributed by atoms with Gasteiger partial charge in [0.2, 0.25) is 0 Å². The van der Waals surface area contributed by atoms with E-state index in [4.69, 9.17) is 5.73 Å². The molecule has 1 aromatic rings. The van der Waals surface area contributed by atoms with E-state index in [0.29, 0.717) is 17.3 Å². The van der Waals surface area contributed by atoms with Crippen LogP contribution in [0.25, 0.3) is 0 Å². The number of nitrogens with two attached hydrogens (primary N) is 1. The van der Waals surface area contributed by atoms with Crippen LogP contribution in [0.2, 0.25) is 0 Å². The molecule has 1 amide bonds. The van der Waals surface area contributed by atoms with E-state index in [1.165, 1.54) is 24.4 Å². The number of anilines is 2. The Bertz CT molecular complexity index is 480. The summed E-state index contributed by atoms with van der Waals surface area (Å²) in [6.45, 7) is 7.01. The van der Waals surface area contributed by atoms with Crippen molar-refractivity contribution in [3.05, 3.63) is 5.56 Å². The number of nitrogens with zero attached hydrogens (tertiary/aromatic N) is 2. The fourth-order valence-corrected chi connectivity index (χ4v) is 3.20. The molecular weight excluding hydrogens is 286 g/mol. The molecule has 1 aliphatic rings. The molecule has 0 aromatic carbocycles. The normalized spacial score (nSPS) is 17.1. The van der Waals surface area contributed by atoms with Gasteiger partial charge >= 0.3 is 0 Å². The van der Waals surface area contributed by atoms with Gasteiger partial charge in [-0.3, -0.25) is 4.79 Å². The maximum Gasteiger partial charge on any atom is 0.258 e. The number of hydrogen-bond donors (Lipinski definition) is 3. The molecule has 0 bridgehead atoms. The van der Waals surface area contributed by atoms with Gasteiger partial charge in [0, 0.05) is 12.6 Å². The number of carbonyl (C=O) groups excluding carboxylic acids is 1. The highest BCUT2D eigenvalue weighted by atomic mass is 32.1. The van der Waals surface area contributed by atoms with E-state index in [1.54, 1.807) is 0 Å². The topological polar surface area (TPSA) is 83.3 Å². The van der Waals surface area contributed by atoms with Gasteiger partial charge in [-0.15, -0.1) is 0 Å². The molecule has 4 N–H and O–H groups in total. The molecule has 1 aliphatic heterocycles. The molecule has 2 rings (SSSR count). The summed E-state index contributed by atoms with van der Waals surface area (Å²) < 4.78 is 4.11. The minimum Gasteiger partial charge on any atom is -0.382 e. The number of carbonyl (C=O) groups is 1. The molecule has 118 valence electrons. The lowest BCUT2D eigenvalue weighted by Gasteiger charge is -2.29. The largest absolute Gasteiger partial charge is 0.382 e. The van der Waals surface area contributed by atoms with Crippen molar-refractivity contribution in [2.75, 3.05) is 37.7 Å². The lowest BCUT2D eigenvalue weighted by atomic mass is 9.97. The number of nitrogen functional groups attached to an aromatic ring is 1. The number of nitrogens with one attached hydrogen (secondary N) is 2. The molecule has 1 fully saturated rings. The minimum atomic E-state index is -0.151. The van der Waals surface area contributed by atoms with Gasteiger partial charge in [-0.1, -0.05) is 0 Å². The molecule has 6 nitrogen and oxygen atoms in total. The van der Waals surface area contributed by atoms with E-state index in [2.05, 4.69) is 27.0 Å². The summed E-state index contributed by atoms with van der Waals surface area (Å²) in [5.74, 6) is 0.802. The van der Waals surface area contributed by atoms with Crippen LogP contribution in [0.1, 0.15) is 37.0 Å². The Morgan fingerprint density at radius 3 is 2.76 bits per heavy atom. The minimum absolute atomic E-state index is 0.0820. The number of piperidine rings is 1. The number of aromatic nitrogens is 1. The van der Waals surface area contributed by atoms with Gasteiger partial charge in [0.1, 0.15) is 10.6 Å². The molecule has 1 saturated heterocycles. The third-order valence-corrected chi connectivity index (χ3v) is 4.57. The van der Waals surface area contributed by atoms with Crippen molar-refractivity contribution < 1.29 is 4.79 Å². The van der Waals surface area contributed by atoms with Crippen LogP contribution in [-0.2, 0) is 0 Å². The maximum atomic E-state index is 12.2. The number of likely N-dealkylation sites (tertiary alicyclic amines) is 1. The Morgan fingerprint density at radius 2 is 2.14 bits per heavy atom. The van der Waals surface area contributed by atoms with Gasteiger partial charge in [0.15, 0.2) is 5.82 Å². The van der Waals surface area contributed by atoms with Gasteiger partial charge in [0.05, 0.1) is 0 Å². The van der Waals surface area contributed by atoms with E-state index in [1.807, 2.05) is 13.8 Å². The zero-order valence-electron chi connectivity index (χ0n) is 13.0. The Labute approximate surface area is 130 Å². The first kappa shape index (κ1) is 16.0. The number of amides is 1. The second-order valence-corrected chi connectivity index (χ2v) is 6.80. The second kappa shape index (κ2) is 7.09. The summed E-state index contributed by atoms with van der Waals surface area (Å²) >= 11 is 1.26. The average Bonchev–Trinajstić information content (AvgIpc) is 2.78. The van der Waals surface area contributed by atoms with Crippen LogP contribution in [0.15, 0.2) is 0 Å². The Kier molecular flexibility index (Phi) is 5.41. The Balaban J connectivity index is 1.96. The van der Waals surface area contributed by atoms with Crippen LogP contribution in [0, 0.1) is 5.92 Å². The van der Waals surface area contributed by atoms with Gasteiger partial charge in [-0.05, 0) is 64.3 Å². The highest BCUT2D eigenvalue weighted by Gasteiger charge is 2.22. The summed E-state index contributed by atoms with van der Waals surface area (Å²) in [6, 6.07) is 0.0820. The molecule has 0 aliphatic carbocycles. The average molecular weight is 311 g/mol. The van der Waals surface area contributed by atoms with Crippen LogP contribution in [0.5, 0.6) is 0 Å². The van der Waals surface area contributed by atoms with Gasteiger partial charge in [-0.2, -0.15) is 4.37 Å². The molecule has 7 heteroatoms. The summed E-state index contributed by atoms with van der Waals surface area (Å²) in [7, 11) is 2.15. The standard InChI is InChI=1S/C14H25N5OS/c1-9(2)17-13(20)11-12(15)18-21-14(11)16-8-10-4-6-19(3)7-5-10/h9-10,16H,4-8H2,1-3H3,(H2,15,18)(H,17,20). The fourth-order valence-electron chi connectivity index (χ4n) is 2.48. The molecule has 0 spiro atoms. The zero-order chi connectivity index (χ0) is 15.4. The van der Waals surface area contributed by atoms with Crippen molar-refractivity contribution in [1.82, 2.24) is 14.6 Å². The number of rotatable bonds is 5. The van der Waals surface area contributed by atoms with Crippen molar-refractivity contribution in [1.29, 1.82) is 0 Å². The summed E-state index contributed by atoms with van der Waals surface area (Å²) in [5.41, 5.74) is 6.32. The highest BCUT2D eigenvalue weighted by molar-refractivity contribution is 7.11. The monoisotopic (exact) mass is 311 g/mol. The van der Waals surface area contributed by atoms with Gasteiger partial charge in [0.25, 0.3) is 5.91 Å². The van der Waals surface area contributed by atoms with E-state index in [0.717, 1.165) is 24.6 Å². The van der Waals surface area contributed by atoms with Crippen molar-refractivity contribution in [2.45, 2.75) is 32.7 Å². The molecule has 0 saturated carbocycles. The van der Waals surface area contributed by atoms with Crippen molar-refractivity contribution in [2.24, 2.45) is 5.92 Å². The zero-order valence-corrected chi connectivity index (χ0v) is 13.8. The van der Waals surface area contributed by atoms with E-state index in [-0.39, 0.29) is 11.9 Å². The first-order valence-electron chi connectivity index (χ1n) is 7.45. The Hall–Kier alpha value is -1.34. The molecular formula is C14H25N5OS. The third-order valence-electron chi connectivity index (χ3n) is 3.75. The van der Waals surface area contributed by atoms with Crippen LogP contribution in [0.4, 0.5) is 10.8 Å². The lowest BCUT2D eigenvalue weighted by Crippen LogP contribution is -2.33. The molecule has 0 radical (unpaired) electrons. The quantitative estimate of drug-likeness (QED) is 0.769. The third kappa shape index (κ3) is 4.31. The molecule has 0 atom stereocenters. The number of hydrogen-bond acceptors (Lipinski definition) is 6. The van der Waals surface area contributed by atoms with Crippen molar-refractivity contribution in [3.63, 3.8) is 0 Å². The van der Waals surface area contributed by atoms with Gasteiger partial charge in [-0.25, -0.2) is 0 Å². The Morgan fingerprint density at radius 1 is 1.48 bits per heavy atom. The first-order valence-corrected chi connectivity index (χ1v) is 8.23. The van der Waals surface area contributed by atoms with Crippen LogP contribution in [0.3, 0.4) is 0 Å². The maximum absolute atomic E-state index is 12.2. The molecule has 21 heavy (non-hydrogen) atoms. The summed E-state index contributed by atoms with van der Waals surface area (Å²) in [6.07, 6.45) is 2.37. The fraction of sp³-hybridized carbons (Fsp3) is 0.714. The van der Waals surface area contributed by atoms with Gasteiger partial charge < -0.3 is 21.3 Å². The second-order valence-electron chi connectivity index (χ2n) is 6.03. The van der Waals surface area contributed by atoms with Crippen molar-refractivity contribution >= 4 is 28.3 Å². The van der Waals surface area contributed by atoms with E-state index in [9.17, 15) is 4.79 Å². The summed E-state index contributed by atoms with van der Waals surface area (Å²) in [4.78, 5) is 14.5. The van der Waals surface area contributed by atoms with E-state index >= 15 is 0 Å². The van der Waals surface area contributed by atoms with Crippen LogP contribution < -0.4 is 16.4 Å². The lowest BCUT2D eigenvalue weighted by molar-refractivity contribution is 0.0945.